The van der Waals surface area contributed by atoms with Crippen molar-refractivity contribution in [2.24, 2.45) is 0 Å². The molecule has 0 saturated heterocycles. The fraction of sp³-hybridized carbons (Fsp3) is 0.231. The zero-order valence-corrected chi connectivity index (χ0v) is 10.4. The van der Waals surface area contributed by atoms with Crippen molar-refractivity contribution in [1.82, 2.24) is 24.7 Å². The summed E-state index contributed by atoms with van der Waals surface area (Å²) < 4.78 is 1.68. The van der Waals surface area contributed by atoms with Gasteiger partial charge in [0.2, 0.25) is 0 Å². The average Bonchev–Trinajstić information content (AvgIpc) is 3.08. The van der Waals surface area contributed by atoms with E-state index in [9.17, 15) is 0 Å². The van der Waals surface area contributed by atoms with Gasteiger partial charge in [-0.2, -0.15) is 10.4 Å². The molecule has 3 rings (SSSR count). The highest BCUT2D eigenvalue weighted by Gasteiger charge is 2.12. The normalized spacial score (nSPS) is 12.4. The molecule has 0 aliphatic rings. The highest BCUT2D eigenvalue weighted by molar-refractivity contribution is 5.89. The predicted molar refractivity (Wildman–Crippen MR) is 70.1 cm³/mol. The third-order valence-corrected chi connectivity index (χ3v) is 3.08. The Morgan fingerprint density at radius 3 is 3.16 bits per heavy atom. The summed E-state index contributed by atoms with van der Waals surface area (Å²) in [5, 5.41) is 14.3. The third kappa shape index (κ3) is 1.85. The molecule has 19 heavy (non-hydrogen) atoms. The highest BCUT2D eigenvalue weighted by atomic mass is 15.3. The van der Waals surface area contributed by atoms with E-state index in [1.807, 2.05) is 25.4 Å². The Kier molecular flexibility index (Phi) is 2.72. The number of nitriles is 1. The molecule has 0 aliphatic carbocycles. The second-order valence-corrected chi connectivity index (χ2v) is 4.22. The zero-order valence-electron chi connectivity index (χ0n) is 10.4. The van der Waals surface area contributed by atoms with E-state index in [0.717, 1.165) is 28.7 Å². The summed E-state index contributed by atoms with van der Waals surface area (Å²) in [7, 11) is 0. The van der Waals surface area contributed by atoms with Crippen LogP contribution in [0.3, 0.4) is 0 Å². The zero-order chi connectivity index (χ0) is 13.2. The Hall–Kier alpha value is -2.68. The van der Waals surface area contributed by atoms with Crippen LogP contribution < -0.4 is 0 Å². The van der Waals surface area contributed by atoms with Crippen LogP contribution in [0.15, 0.2) is 31.0 Å². The molecule has 3 heterocycles. The third-order valence-electron chi connectivity index (χ3n) is 3.08. The summed E-state index contributed by atoms with van der Waals surface area (Å²) in [4.78, 5) is 11.5. The van der Waals surface area contributed by atoms with E-state index in [1.54, 1.807) is 10.9 Å². The number of hydrogen-bond acceptors (Lipinski definition) is 4. The summed E-state index contributed by atoms with van der Waals surface area (Å²) in [6.07, 6.45) is 7.66. The van der Waals surface area contributed by atoms with E-state index in [-0.39, 0.29) is 6.04 Å². The first-order chi connectivity index (χ1) is 9.33. The molecule has 0 aliphatic heterocycles. The van der Waals surface area contributed by atoms with Gasteiger partial charge in [-0.3, -0.25) is 4.68 Å². The van der Waals surface area contributed by atoms with E-state index in [2.05, 4.69) is 26.1 Å². The quantitative estimate of drug-likeness (QED) is 0.775. The lowest BCUT2D eigenvalue weighted by Crippen LogP contribution is -2.05. The Bertz CT molecular complexity index is 748. The summed E-state index contributed by atoms with van der Waals surface area (Å²) in [5.41, 5.74) is 2.51. The van der Waals surface area contributed by atoms with Crippen molar-refractivity contribution in [1.29, 1.82) is 5.26 Å². The Balaban J connectivity index is 2.08. The molecule has 0 aromatic carbocycles. The first-order valence-corrected chi connectivity index (χ1v) is 6.05. The van der Waals surface area contributed by atoms with Crippen LogP contribution in [-0.2, 0) is 0 Å². The van der Waals surface area contributed by atoms with Gasteiger partial charge in [-0.1, -0.05) is 6.92 Å². The summed E-state index contributed by atoms with van der Waals surface area (Å²) in [6.45, 7) is 1.96. The Labute approximate surface area is 109 Å². The molecule has 3 aromatic heterocycles. The van der Waals surface area contributed by atoms with Crippen molar-refractivity contribution in [3.05, 3.63) is 31.0 Å². The lowest BCUT2D eigenvalue weighted by Gasteiger charge is -2.04. The molecule has 0 radical (unpaired) electrons. The molecule has 0 fully saturated rings. The van der Waals surface area contributed by atoms with Gasteiger partial charge in [-0.15, -0.1) is 0 Å². The lowest BCUT2D eigenvalue weighted by atomic mass is 10.2. The van der Waals surface area contributed by atoms with Gasteiger partial charge in [-0.05, 0) is 12.5 Å². The van der Waals surface area contributed by atoms with Crippen LogP contribution in [0.1, 0.15) is 19.4 Å². The number of hydrogen-bond donors (Lipinski definition) is 1. The second kappa shape index (κ2) is 4.53. The van der Waals surface area contributed by atoms with Gasteiger partial charge in [0.15, 0.2) is 0 Å². The molecule has 0 bridgehead atoms. The van der Waals surface area contributed by atoms with Gasteiger partial charge < -0.3 is 4.98 Å². The van der Waals surface area contributed by atoms with Crippen LogP contribution in [0.2, 0.25) is 0 Å². The molecule has 1 unspecified atom stereocenters. The van der Waals surface area contributed by atoms with Gasteiger partial charge in [-0.25, -0.2) is 9.97 Å². The first-order valence-electron chi connectivity index (χ1n) is 6.05. The number of fused-ring (bicyclic) bond motifs is 1. The van der Waals surface area contributed by atoms with Crippen molar-refractivity contribution in [3.63, 3.8) is 0 Å². The molecule has 0 spiro atoms. The van der Waals surface area contributed by atoms with Crippen molar-refractivity contribution >= 4 is 11.0 Å². The van der Waals surface area contributed by atoms with Crippen LogP contribution in [0.4, 0.5) is 0 Å². The molecular formula is C13H12N6. The summed E-state index contributed by atoms with van der Waals surface area (Å²) in [5.74, 6) is 0. The van der Waals surface area contributed by atoms with E-state index >= 15 is 0 Å². The number of aromatic amines is 1. The minimum absolute atomic E-state index is 0.239. The molecule has 6 nitrogen and oxygen atoms in total. The first kappa shape index (κ1) is 11.4. The van der Waals surface area contributed by atoms with Crippen LogP contribution in [0, 0.1) is 11.3 Å². The molecule has 1 atom stereocenters. The van der Waals surface area contributed by atoms with Gasteiger partial charge in [0.1, 0.15) is 18.0 Å². The van der Waals surface area contributed by atoms with Gasteiger partial charge in [0.05, 0.1) is 18.0 Å². The van der Waals surface area contributed by atoms with Gasteiger partial charge >= 0.3 is 0 Å². The minimum Gasteiger partial charge on any atom is -0.346 e. The molecule has 3 aromatic rings. The summed E-state index contributed by atoms with van der Waals surface area (Å²) in [6, 6.07) is 3.92. The van der Waals surface area contributed by atoms with Crippen LogP contribution >= 0.6 is 0 Å². The Morgan fingerprint density at radius 1 is 1.47 bits per heavy atom. The van der Waals surface area contributed by atoms with Gasteiger partial charge in [0, 0.05) is 23.3 Å². The lowest BCUT2D eigenvalue weighted by molar-refractivity contribution is 0.534. The fourth-order valence-corrected chi connectivity index (χ4v) is 2.07. The average molecular weight is 252 g/mol. The topological polar surface area (TPSA) is 83.2 Å². The summed E-state index contributed by atoms with van der Waals surface area (Å²) >= 11 is 0. The van der Waals surface area contributed by atoms with Gasteiger partial charge in [0.25, 0.3) is 0 Å². The molecule has 0 saturated carbocycles. The maximum absolute atomic E-state index is 9.06. The standard InChI is InChI=1S/C13H12N6/c1-2-10(5-14)19-7-9(6-18-19)12-11-3-4-15-13(11)17-8-16-12/h3-4,6-8,10H,2H2,1H3,(H,15,16,17). The molecule has 94 valence electrons. The monoisotopic (exact) mass is 252 g/mol. The number of H-pyrrole nitrogens is 1. The van der Waals surface area contributed by atoms with E-state index in [4.69, 9.17) is 5.26 Å². The molecule has 6 heteroatoms. The SMILES string of the molecule is CCC(C#N)n1cc(-c2ncnc3[nH]ccc23)cn1. The van der Waals surface area contributed by atoms with Crippen molar-refractivity contribution < 1.29 is 0 Å². The van der Waals surface area contributed by atoms with Crippen LogP contribution in [0.25, 0.3) is 22.3 Å². The van der Waals surface area contributed by atoms with E-state index in [0.29, 0.717) is 0 Å². The molecule has 0 amide bonds. The van der Waals surface area contributed by atoms with Crippen molar-refractivity contribution in [2.45, 2.75) is 19.4 Å². The molecular weight excluding hydrogens is 240 g/mol. The predicted octanol–water partition coefficient (Wildman–Crippen LogP) is 2.30. The number of aromatic nitrogens is 5. The minimum atomic E-state index is -0.239. The number of nitrogens with zero attached hydrogens (tertiary/aromatic N) is 5. The Morgan fingerprint density at radius 2 is 2.37 bits per heavy atom. The number of nitrogens with one attached hydrogen (secondary N) is 1. The van der Waals surface area contributed by atoms with Crippen molar-refractivity contribution in [3.8, 4) is 17.3 Å². The second-order valence-electron chi connectivity index (χ2n) is 4.22. The van der Waals surface area contributed by atoms with Crippen LogP contribution in [0.5, 0.6) is 0 Å². The highest BCUT2D eigenvalue weighted by Crippen LogP contribution is 2.25. The maximum atomic E-state index is 9.06. The van der Waals surface area contributed by atoms with Crippen molar-refractivity contribution in [2.75, 3.05) is 0 Å². The fourth-order valence-electron chi connectivity index (χ4n) is 2.07. The molecule has 1 N–H and O–H groups in total. The number of rotatable bonds is 3. The van der Waals surface area contributed by atoms with E-state index < -0.39 is 0 Å². The van der Waals surface area contributed by atoms with Crippen LogP contribution in [-0.4, -0.2) is 24.7 Å². The van der Waals surface area contributed by atoms with E-state index in [1.165, 1.54) is 6.33 Å². The smallest absolute Gasteiger partial charge is 0.141 e. The largest absolute Gasteiger partial charge is 0.346 e. The maximum Gasteiger partial charge on any atom is 0.141 e.